The Morgan fingerprint density at radius 3 is 2.23 bits per heavy atom. The molecule has 0 saturated carbocycles. The number of carbonyl (C=O) groups is 1. The molecule has 1 heterocycles. The van der Waals surface area contributed by atoms with E-state index in [2.05, 4.69) is 24.0 Å². The molecule has 0 radical (unpaired) electrons. The molecule has 1 aliphatic heterocycles. The molecule has 0 unspecified atom stereocenters. The minimum absolute atomic E-state index is 0.289. The van der Waals surface area contributed by atoms with Crippen LogP contribution in [-0.2, 0) is 9.53 Å². The molecule has 4 nitrogen and oxygen atoms in total. The van der Waals surface area contributed by atoms with Crippen molar-refractivity contribution in [2.75, 3.05) is 6.61 Å². The van der Waals surface area contributed by atoms with Gasteiger partial charge in [0.05, 0.1) is 6.61 Å². The molecule has 0 saturated heterocycles. The SMILES string of the molecule is CCCCOc1ccc(C=C2N=C(c3ccc(-c4ccccc4)cc3)OC2=O)cc1. The van der Waals surface area contributed by atoms with Crippen LogP contribution in [0, 0.1) is 0 Å². The highest BCUT2D eigenvalue weighted by Gasteiger charge is 2.24. The lowest BCUT2D eigenvalue weighted by atomic mass is 10.0. The first-order valence-electron chi connectivity index (χ1n) is 10.1. The monoisotopic (exact) mass is 397 g/mol. The van der Waals surface area contributed by atoms with Gasteiger partial charge in [-0.1, -0.05) is 67.9 Å². The molecule has 30 heavy (non-hydrogen) atoms. The number of benzene rings is 3. The van der Waals surface area contributed by atoms with Crippen molar-refractivity contribution in [2.45, 2.75) is 19.8 Å². The second kappa shape index (κ2) is 9.23. The number of esters is 1. The van der Waals surface area contributed by atoms with Gasteiger partial charge >= 0.3 is 5.97 Å². The van der Waals surface area contributed by atoms with Crippen molar-refractivity contribution in [2.24, 2.45) is 4.99 Å². The molecule has 150 valence electrons. The summed E-state index contributed by atoms with van der Waals surface area (Å²) in [6, 6.07) is 25.6. The largest absolute Gasteiger partial charge is 0.494 e. The van der Waals surface area contributed by atoms with Crippen molar-refractivity contribution in [3.8, 4) is 16.9 Å². The highest BCUT2D eigenvalue weighted by Crippen LogP contribution is 2.23. The van der Waals surface area contributed by atoms with Crippen LogP contribution in [0.3, 0.4) is 0 Å². The number of ether oxygens (including phenoxy) is 2. The Kier molecular flexibility index (Phi) is 6.04. The molecule has 0 bridgehead atoms. The van der Waals surface area contributed by atoms with E-state index in [1.807, 2.05) is 66.7 Å². The number of carbonyl (C=O) groups excluding carboxylic acids is 1. The molecule has 3 aromatic carbocycles. The number of aliphatic imine (C=N–C) groups is 1. The van der Waals surface area contributed by atoms with Gasteiger partial charge in [0.2, 0.25) is 5.90 Å². The number of nitrogens with zero attached hydrogens (tertiary/aromatic N) is 1. The van der Waals surface area contributed by atoms with Crippen LogP contribution in [0.4, 0.5) is 0 Å². The third-order valence-electron chi connectivity index (χ3n) is 4.81. The second-order valence-corrected chi connectivity index (χ2v) is 7.05. The van der Waals surface area contributed by atoms with E-state index in [9.17, 15) is 4.79 Å². The molecule has 0 fully saturated rings. The molecule has 0 N–H and O–H groups in total. The van der Waals surface area contributed by atoms with Gasteiger partial charge in [0, 0.05) is 5.56 Å². The summed E-state index contributed by atoms with van der Waals surface area (Å²) in [7, 11) is 0. The first kappa shape index (κ1) is 19.6. The summed E-state index contributed by atoms with van der Waals surface area (Å²) in [4.78, 5) is 16.7. The van der Waals surface area contributed by atoms with Gasteiger partial charge in [-0.25, -0.2) is 9.79 Å². The number of hydrogen-bond acceptors (Lipinski definition) is 4. The molecule has 4 rings (SSSR count). The van der Waals surface area contributed by atoms with E-state index < -0.39 is 5.97 Å². The Hall–Kier alpha value is -3.66. The van der Waals surface area contributed by atoms with Crippen molar-refractivity contribution in [1.82, 2.24) is 0 Å². The van der Waals surface area contributed by atoms with Crippen LogP contribution < -0.4 is 4.74 Å². The number of hydrogen-bond donors (Lipinski definition) is 0. The minimum Gasteiger partial charge on any atom is -0.494 e. The highest BCUT2D eigenvalue weighted by molar-refractivity contribution is 6.12. The Morgan fingerprint density at radius 1 is 0.867 bits per heavy atom. The van der Waals surface area contributed by atoms with Crippen LogP contribution >= 0.6 is 0 Å². The summed E-state index contributed by atoms with van der Waals surface area (Å²) in [5.41, 5.74) is 4.16. The molecule has 0 atom stereocenters. The second-order valence-electron chi connectivity index (χ2n) is 7.05. The first-order chi connectivity index (χ1) is 14.7. The minimum atomic E-state index is -0.444. The molecular weight excluding hydrogens is 374 g/mol. The topological polar surface area (TPSA) is 47.9 Å². The number of rotatable bonds is 7. The fourth-order valence-electron chi connectivity index (χ4n) is 3.12. The Balaban J connectivity index is 1.48. The van der Waals surface area contributed by atoms with E-state index in [1.54, 1.807) is 6.08 Å². The summed E-state index contributed by atoms with van der Waals surface area (Å²) < 4.78 is 11.1. The fraction of sp³-hybridized carbons (Fsp3) is 0.154. The molecule has 0 amide bonds. The standard InChI is InChI=1S/C26H23NO3/c1-2-3-17-29-23-15-9-19(10-16-23)18-24-26(28)30-25(27-24)22-13-11-21(12-14-22)20-7-5-4-6-8-20/h4-16,18H,2-3,17H2,1H3. The molecule has 0 aliphatic carbocycles. The molecule has 0 spiro atoms. The molecule has 0 aromatic heterocycles. The van der Waals surface area contributed by atoms with Crippen molar-refractivity contribution in [1.29, 1.82) is 0 Å². The number of unbranched alkanes of at least 4 members (excludes halogenated alkanes) is 1. The molecule has 3 aromatic rings. The van der Waals surface area contributed by atoms with Crippen molar-refractivity contribution < 1.29 is 14.3 Å². The quantitative estimate of drug-likeness (QED) is 0.284. The molecule has 1 aliphatic rings. The summed E-state index contributed by atoms with van der Waals surface area (Å²) >= 11 is 0. The third-order valence-corrected chi connectivity index (χ3v) is 4.81. The van der Waals surface area contributed by atoms with Gasteiger partial charge in [0.1, 0.15) is 5.75 Å². The van der Waals surface area contributed by atoms with Gasteiger partial charge in [0.15, 0.2) is 5.70 Å². The zero-order chi connectivity index (χ0) is 20.8. The van der Waals surface area contributed by atoms with Crippen molar-refractivity contribution in [3.63, 3.8) is 0 Å². The first-order valence-corrected chi connectivity index (χ1v) is 10.1. The summed E-state index contributed by atoms with van der Waals surface area (Å²) in [5.74, 6) is 0.702. The van der Waals surface area contributed by atoms with E-state index in [0.717, 1.165) is 40.8 Å². The van der Waals surface area contributed by atoms with E-state index in [4.69, 9.17) is 9.47 Å². The lowest BCUT2D eigenvalue weighted by Crippen LogP contribution is -2.05. The van der Waals surface area contributed by atoms with Crippen molar-refractivity contribution in [3.05, 3.63) is 95.7 Å². The Bertz CT molecular complexity index is 1070. The third kappa shape index (κ3) is 4.66. The van der Waals surface area contributed by atoms with Gasteiger partial charge in [-0.05, 0) is 53.5 Å². The van der Waals surface area contributed by atoms with Crippen LogP contribution in [0.15, 0.2) is 89.6 Å². The molecular formula is C26H23NO3. The van der Waals surface area contributed by atoms with Crippen LogP contribution in [0.1, 0.15) is 30.9 Å². The normalized spacial score (nSPS) is 14.5. The number of cyclic esters (lactones) is 1. The van der Waals surface area contributed by atoms with Gasteiger partial charge in [-0.2, -0.15) is 0 Å². The van der Waals surface area contributed by atoms with Crippen LogP contribution in [0.25, 0.3) is 17.2 Å². The summed E-state index contributed by atoms with van der Waals surface area (Å²) in [5, 5.41) is 0. The smallest absolute Gasteiger partial charge is 0.363 e. The van der Waals surface area contributed by atoms with Crippen molar-refractivity contribution >= 4 is 17.9 Å². The molecule has 4 heteroatoms. The van der Waals surface area contributed by atoms with Crippen LogP contribution in [0.5, 0.6) is 5.75 Å². The van der Waals surface area contributed by atoms with E-state index in [-0.39, 0.29) is 5.70 Å². The average molecular weight is 397 g/mol. The van der Waals surface area contributed by atoms with Gasteiger partial charge in [-0.15, -0.1) is 0 Å². The zero-order valence-electron chi connectivity index (χ0n) is 16.9. The van der Waals surface area contributed by atoms with Crippen LogP contribution in [0.2, 0.25) is 0 Å². The average Bonchev–Trinajstić information content (AvgIpc) is 3.16. The lowest BCUT2D eigenvalue weighted by Gasteiger charge is -2.05. The van der Waals surface area contributed by atoms with Gasteiger partial charge < -0.3 is 9.47 Å². The highest BCUT2D eigenvalue weighted by atomic mass is 16.6. The maximum Gasteiger partial charge on any atom is 0.363 e. The summed E-state index contributed by atoms with van der Waals surface area (Å²) in [6.07, 6.45) is 3.85. The predicted octanol–water partition coefficient (Wildman–Crippen LogP) is 5.88. The maximum atomic E-state index is 12.3. The fourth-order valence-corrected chi connectivity index (χ4v) is 3.12. The predicted molar refractivity (Wildman–Crippen MR) is 119 cm³/mol. The van der Waals surface area contributed by atoms with E-state index >= 15 is 0 Å². The van der Waals surface area contributed by atoms with Gasteiger partial charge in [-0.3, -0.25) is 0 Å². The Labute approximate surface area is 176 Å². The zero-order valence-corrected chi connectivity index (χ0v) is 16.9. The Morgan fingerprint density at radius 2 is 1.53 bits per heavy atom. The maximum absolute atomic E-state index is 12.3. The van der Waals surface area contributed by atoms with Gasteiger partial charge in [0.25, 0.3) is 0 Å². The van der Waals surface area contributed by atoms with Crippen LogP contribution in [-0.4, -0.2) is 18.5 Å². The summed E-state index contributed by atoms with van der Waals surface area (Å²) in [6.45, 7) is 2.84. The lowest BCUT2D eigenvalue weighted by molar-refractivity contribution is -0.129. The van der Waals surface area contributed by atoms with E-state index in [1.165, 1.54) is 0 Å². The van der Waals surface area contributed by atoms with E-state index in [0.29, 0.717) is 12.5 Å².